The molecule has 0 saturated carbocycles. The van der Waals surface area contributed by atoms with E-state index in [-0.39, 0.29) is 0 Å². The number of aromatic nitrogens is 1. The Bertz CT molecular complexity index is 853. The van der Waals surface area contributed by atoms with E-state index in [4.69, 9.17) is 4.74 Å². The molecule has 3 rings (SSSR count). The molecule has 3 aromatic rings. The van der Waals surface area contributed by atoms with Crippen molar-refractivity contribution in [1.29, 1.82) is 0 Å². The van der Waals surface area contributed by atoms with Crippen molar-refractivity contribution in [1.82, 2.24) is 4.98 Å². The average molecular weight is 335 g/mol. The molecule has 3 heteroatoms. The molecule has 0 aliphatic rings. The first-order chi connectivity index (χ1) is 11.6. The number of methoxy groups -OCH3 is 1. The van der Waals surface area contributed by atoms with Gasteiger partial charge >= 0.3 is 0 Å². The molecule has 0 atom stereocenters. The zero-order valence-corrected chi connectivity index (χ0v) is 15.3. The summed E-state index contributed by atoms with van der Waals surface area (Å²) in [6, 6.07) is 16.9. The first kappa shape index (κ1) is 16.6. The third kappa shape index (κ3) is 3.17. The summed E-state index contributed by atoms with van der Waals surface area (Å²) < 4.78 is 5.67. The number of nitrogens with zero attached hydrogens (tertiary/aromatic N) is 1. The topological polar surface area (TPSA) is 22.1 Å². The minimum Gasteiger partial charge on any atom is -0.496 e. The van der Waals surface area contributed by atoms with Crippen molar-refractivity contribution in [3.8, 4) is 28.1 Å². The molecule has 0 spiro atoms. The van der Waals surface area contributed by atoms with Crippen molar-refractivity contribution in [2.24, 2.45) is 0 Å². The van der Waals surface area contributed by atoms with Crippen molar-refractivity contribution in [2.75, 3.05) is 13.4 Å². The van der Waals surface area contributed by atoms with Crippen LogP contribution in [-0.4, -0.2) is 18.3 Å². The van der Waals surface area contributed by atoms with Crippen LogP contribution < -0.4 is 4.74 Å². The number of hydrogen-bond donors (Lipinski definition) is 0. The van der Waals surface area contributed by atoms with E-state index in [0.29, 0.717) is 0 Å². The van der Waals surface area contributed by atoms with E-state index >= 15 is 0 Å². The molecule has 1 aromatic heterocycles. The fourth-order valence-corrected chi connectivity index (χ4v) is 3.44. The van der Waals surface area contributed by atoms with Crippen LogP contribution in [0.4, 0.5) is 0 Å². The number of thioether (sulfide) groups is 1. The van der Waals surface area contributed by atoms with Crippen molar-refractivity contribution >= 4 is 11.8 Å². The van der Waals surface area contributed by atoms with Gasteiger partial charge in [0.1, 0.15) is 5.75 Å². The second kappa shape index (κ2) is 7.10. The summed E-state index contributed by atoms with van der Waals surface area (Å²) in [5.41, 5.74) is 6.94. The Morgan fingerprint density at radius 1 is 0.958 bits per heavy atom. The van der Waals surface area contributed by atoms with Gasteiger partial charge in [0.15, 0.2) is 0 Å². The maximum atomic E-state index is 5.67. The number of hydrogen-bond acceptors (Lipinski definition) is 3. The number of benzene rings is 2. The largest absolute Gasteiger partial charge is 0.496 e. The van der Waals surface area contributed by atoms with Crippen LogP contribution in [0, 0.1) is 13.8 Å². The second-order valence-electron chi connectivity index (χ2n) is 5.76. The molecule has 0 aliphatic heterocycles. The molecule has 0 fully saturated rings. The molecule has 2 nitrogen and oxygen atoms in total. The molecule has 1 heterocycles. The third-order valence-electron chi connectivity index (χ3n) is 4.21. The van der Waals surface area contributed by atoms with Gasteiger partial charge in [0.2, 0.25) is 0 Å². The number of pyridine rings is 1. The number of rotatable bonds is 4. The molecule has 0 radical (unpaired) electrons. The van der Waals surface area contributed by atoms with Crippen LogP contribution in [0.5, 0.6) is 5.75 Å². The smallest absolute Gasteiger partial charge is 0.128 e. The van der Waals surface area contributed by atoms with E-state index in [9.17, 15) is 0 Å². The molecule has 0 aliphatic carbocycles. The van der Waals surface area contributed by atoms with E-state index in [1.54, 1.807) is 18.9 Å². The molecular weight excluding hydrogens is 314 g/mol. The monoisotopic (exact) mass is 335 g/mol. The van der Waals surface area contributed by atoms with Gasteiger partial charge in [-0.15, -0.1) is 11.8 Å². The fraction of sp³-hybridized carbons (Fsp3) is 0.190. The molecular formula is C21H21NOS. The van der Waals surface area contributed by atoms with Gasteiger partial charge in [-0.3, -0.25) is 4.98 Å². The molecule has 122 valence electrons. The third-order valence-corrected chi connectivity index (χ3v) is 4.94. The van der Waals surface area contributed by atoms with Gasteiger partial charge in [0.25, 0.3) is 0 Å². The highest BCUT2D eigenvalue weighted by atomic mass is 32.2. The van der Waals surface area contributed by atoms with E-state index < -0.39 is 0 Å². The summed E-state index contributed by atoms with van der Waals surface area (Å²) in [5, 5.41) is 0. The molecule has 24 heavy (non-hydrogen) atoms. The molecule has 0 bridgehead atoms. The predicted octanol–water partition coefficient (Wildman–Crippen LogP) is 5.76. The van der Waals surface area contributed by atoms with Gasteiger partial charge < -0.3 is 4.74 Å². The lowest BCUT2D eigenvalue weighted by atomic mass is 9.94. The highest BCUT2D eigenvalue weighted by molar-refractivity contribution is 7.98. The van der Waals surface area contributed by atoms with Crippen molar-refractivity contribution < 1.29 is 4.74 Å². The lowest BCUT2D eigenvalue weighted by Gasteiger charge is -2.14. The maximum absolute atomic E-state index is 5.67. The molecule has 0 saturated heterocycles. The zero-order valence-electron chi connectivity index (χ0n) is 14.5. The Balaban J connectivity index is 2.12. The lowest BCUT2D eigenvalue weighted by molar-refractivity contribution is 0.416. The van der Waals surface area contributed by atoms with Gasteiger partial charge in [-0.05, 0) is 66.6 Å². The Hall–Kier alpha value is -2.26. The van der Waals surface area contributed by atoms with Crippen molar-refractivity contribution in [2.45, 2.75) is 18.7 Å². The van der Waals surface area contributed by atoms with Crippen LogP contribution in [0.25, 0.3) is 22.4 Å². The molecule has 0 unspecified atom stereocenters. The van der Waals surface area contributed by atoms with Gasteiger partial charge in [0, 0.05) is 16.7 Å². The van der Waals surface area contributed by atoms with Crippen LogP contribution in [-0.2, 0) is 0 Å². The quantitative estimate of drug-likeness (QED) is 0.566. The van der Waals surface area contributed by atoms with E-state index in [1.165, 1.54) is 27.1 Å². The van der Waals surface area contributed by atoms with Gasteiger partial charge in [-0.1, -0.05) is 24.3 Å². The van der Waals surface area contributed by atoms with E-state index in [2.05, 4.69) is 67.6 Å². The number of ether oxygens (including phenoxy) is 1. The standard InChI is InChI=1S/C21H21NOS/c1-14-6-5-7-15(2)21(14)16-8-9-18(20(12-16)23-3)19-13-17(24-4)10-11-22-19/h5-13H,1-4H3. The minimum atomic E-state index is 0.848. The highest BCUT2D eigenvalue weighted by Crippen LogP contribution is 2.36. The predicted molar refractivity (Wildman–Crippen MR) is 103 cm³/mol. The molecule has 2 aromatic carbocycles. The first-order valence-corrected chi connectivity index (χ1v) is 9.11. The Morgan fingerprint density at radius 3 is 2.38 bits per heavy atom. The van der Waals surface area contributed by atoms with Gasteiger partial charge in [0.05, 0.1) is 12.8 Å². The molecule has 0 amide bonds. The summed E-state index contributed by atoms with van der Waals surface area (Å²) in [6.45, 7) is 4.29. The summed E-state index contributed by atoms with van der Waals surface area (Å²) in [7, 11) is 1.71. The lowest BCUT2D eigenvalue weighted by Crippen LogP contribution is -1.93. The first-order valence-electron chi connectivity index (χ1n) is 7.89. The Labute approximate surface area is 147 Å². The van der Waals surface area contributed by atoms with Crippen molar-refractivity contribution in [3.05, 3.63) is 65.9 Å². The summed E-state index contributed by atoms with van der Waals surface area (Å²) in [6.07, 6.45) is 3.92. The van der Waals surface area contributed by atoms with Crippen LogP contribution >= 0.6 is 11.8 Å². The van der Waals surface area contributed by atoms with Gasteiger partial charge in [-0.25, -0.2) is 0 Å². The van der Waals surface area contributed by atoms with E-state index in [1.807, 2.05) is 12.3 Å². The Kier molecular flexibility index (Phi) is 4.91. The highest BCUT2D eigenvalue weighted by Gasteiger charge is 2.12. The van der Waals surface area contributed by atoms with Crippen LogP contribution in [0.3, 0.4) is 0 Å². The summed E-state index contributed by atoms with van der Waals surface area (Å²) in [5.74, 6) is 0.848. The SMILES string of the molecule is COc1cc(-c2c(C)cccc2C)ccc1-c1cc(SC)ccn1. The minimum absolute atomic E-state index is 0.848. The molecule has 0 N–H and O–H groups in total. The van der Waals surface area contributed by atoms with Crippen LogP contribution in [0.2, 0.25) is 0 Å². The second-order valence-corrected chi connectivity index (χ2v) is 6.64. The summed E-state index contributed by atoms with van der Waals surface area (Å²) in [4.78, 5) is 5.71. The maximum Gasteiger partial charge on any atom is 0.128 e. The average Bonchev–Trinajstić information content (AvgIpc) is 2.61. The van der Waals surface area contributed by atoms with Gasteiger partial charge in [-0.2, -0.15) is 0 Å². The number of aryl methyl sites for hydroxylation is 2. The Morgan fingerprint density at radius 2 is 1.71 bits per heavy atom. The normalized spacial score (nSPS) is 10.7. The van der Waals surface area contributed by atoms with Crippen molar-refractivity contribution in [3.63, 3.8) is 0 Å². The summed E-state index contributed by atoms with van der Waals surface area (Å²) >= 11 is 1.71. The zero-order chi connectivity index (χ0) is 17.1. The fourth-order valence-electron chi connectivity index (χ4n) is 3.01. The van der Waals surface area contributed by atoms with Crippen LogP contribution in [0.1, 0.15) is 11.1 Å². The van der Waals surface area contributed by atoms with E-state index in [0.717, 1.165) is 17.0 Å². The van der Waals surface area contributed by atoms with Crippen LogP contribution in [0.15, 0.2) is 59.6 Å².